The number of hydrogen-bond acceptors (Lipinski definition) is 7. The van der Waals surface area contributed by atoms with Crippen LogP contribution in [0.1, 0.15) is 33.6 Å². The van der Waals surface area contributed by atoms with Gasteiger partial charge < -0.3 is 14.7 Å². The Balaban J connectivity index is 1.92. The van der Waals surface area contributed by atoms with E-state index in [0.717, 1.165) is 6.07 Å². The SMILES string of the molecule is CC(C)(C)[C@]12CC[C@@H](CN(c3nc(OCC(F)(F)F)nc4c(F)c(Br)c([N+](=O)[O-])cc34)C1)N2C(=O)O. The number of benzene rings is 1. The number of hydrogen-bond donors (Lipinski definition) is 1. The van der Waals surface area contributed by atoms with Crippen LogP contribution in [-0.4, -0.2) is 68.4 Å². The summed E-state index contributed by atoms with van der Waals surface area (Å²) in [6, 6.07) is -0.191. The van der Waals surface area contributed by atoms with Crippen LogP contribution >= 0.6 is 15.9 Å². The first-order valence-corrected chi connectivity index (χ1v) is 11.7. The maximum absolute atomic E-state index is 15.2. The molecule has 2 atom stereocenters. The quantitative estimate of drug-likeness (QED) is 0.300. The highest BCUT2D eigenvalue weighted by Gasteiger charge is 2.59. The number of alkyl halides is 3. The Morgan fingerprint density at radius 2 is 2.03 bits per heavy atom. The molecule has 1 N–H and O–H groups in total. The van der Waals surface area contributed by atoms with Crippen LogP contribution < -0.4 is 9.64 Å². The Morgan fingerprint density at radius 1 is 1.36 bits per heavy atom. The van der Waals surface area contributed by atoms with E-state index < -0.39 is 68.3 Å². The van der Waals surface area contributed by atoms with E-state index in [2.05, 4.69) is 25.9 Å². The first kappa shape index (κ1) is 26.1. The van der Waals surface area contributed by atoms with Gasteiger partial charge in [0.1, 0.15) is 15.8 Å². The van der Waals surface area contributed by atoms with Crippen LogP contribution in [0.15, 0.2) is 10.5 Å². The van der Waals surface area contributed by atoms with Crippen molar-refractivity contribution in [2.45, 2.75) is 51.4 Å². The van der Waals surface area contributed by atoms with E-state index in [1.165, 1.54) is 4.90 Å². The summed E-state index contributed by atoms with van der Waals surface area (Å²) >= 11 is 2.82. The number of piperazine rings is 1. The fourth-order valence-corrected chi connectivity index (χ4v) is 5.63. The minimum atomic E-state index is -4.71. The van der Waals surface area contributed by atoms with E-state index in [1.807, 2.05) is 20.8 Å². The van der Waals surface area contributed by atoms with Gasteiger partial charge >= 0.3 is 18.3 Å². The molecular weight excluding hydrogens is 558 g/mol. The third-order valence-corrected chi connectivity index (χ3v) is 7.63. The topological polar surface area (TPSA) is 122 Å². The van der Waals surface area contributed by atoms with Crippen LogP contribution in [0.3, 0.4) is 0 Å². The van der Waals surface area contributed by atoms with Gasteiger partial charge in [0.2, 0.25) is 0 Å². The van der Waals surface area contributed by atoms with Gasteiger partial charge in [0.25, 0.3) is 5.69 Å². The molecule has 3 heterocycles. The Hall–Kier alpha value is -2.97. The molecule has 0 unspecified atom stereocenters. The van der Waals surface area contributed by atoms with Gasteiger partial charge in [-0.25, -0.2) is 9.18 Å². The fourth-order valence-electron chi connectivity index (χ4n) is 5.18. The largest absolute Gasteiger partial charge is 0.465 e. The number of nitro benzene ring substituents is 1. The third-order valence-electron chi connectivity index (χ3n) is 6.88. The van der Waals surface area contributed by atoms with Crippen LogP contribution in [0.25, 0.3) is 10.9 Å². The van der Waals surface area contributed by atoms with Gasteiger partial charge in [-0.05, 0) is 34.2 Å². The number of amides is 1. The third kappa shape index (κ3) is 4.26. The first-order valence-electron chi connectivity index (χ1n) is 10.9. The van der Waals surface area contributed by atoms with Crippen LogP contribution in [0.5, 0.6) is 6.01 Å². The van der Waals surface area contributed by atoms with E-state index in [0.29, 0.717) is 12.8 Å². The summed E-state index contributed by atoms with van der Waals surface area (Å²) in [5.41, 5.74) is -2.54. The molecule has 2 fully saturated rings. The maximum Gasteiger partial charge on any atom is 0.422 e. The molecule has 4 rings (SSSR count). The Morgan fingerprint density at radius 3 is 2.58 bits per heavy atom. The molecule has 0 saturated carbocycles. The van der Waals surface area contributed by atoms with E-state index in [4.69, 9.17) is 4.74 Å². The standard InChI is InChI=1S/C21H22BrF4N5O5/c1-19(2,3)20-5-4-10(30(20)18(32)33)7-29(8-20)16-11-6-12(31(34)35)13(22)14(23)15(11)27-17(28-16)36-9-21(24,25)26/h6,10H,4-5,7-9H2,1-3H3,(H,32,33)/t10-,20-/m0/s1. The van der Waals surface area contributed by atoms with Gasteiger partial charge in [-0.15, -0.1) is 0 Å². The van der Waals surface area contributed by atoms with Gasteiger partial charge in [0.05, 0.1) is 21.9 Å². The van der Waals surface area contributed by atoms with Crippen molar-refractivity contribution in [1.82, 2.24) is 14.9 Å². The fraction of sp³-hybridized carbons (Fsp3) is 0.571. The summed E-state index contributed by atoms with van der Waals surface area (Å²) in [4.78, 5) is 33.8. The maximum atomic E-state index is 15.2. The first-order chi connectivity index (χ1) is 16.6. The predicted octanol–water partition coefficient (Wildman–Crippen LogP) is 5.13. The van der Waals surface area contributed by atoms with Crippen molar-refractivity contribution < 1.29 is 37.1 Å². The number of aromatic nitrogens is 2. The van der Waals surface area contributed by atoms with Crippen LogP contribution in [-0.2, 0) is 0 Å². The van der Waals surface area contributed by atoms with Gasteiger partial charge in [0, 0.05) is 19.2 Å². The molecule has 196 valence electrons. The van der Waals surface area contributed by atoms with Crippen molar-refractivity contribution >= 4 is 44.4 Å². The van der Waals surface area contributed by atoms with Gasteiger partial charge in [-0.1, -0.05) is 20.8 Å². The molecule has 10 nitrogen and oxygen atoms in total. The van der Waals surface area contributed by atoms with Crippen molar-refractivity contribution in [2.24, 2.45) is 5.41 Å². The smallest absolute Gasteiger partial charge is 0.422 e. The minimum absolute atomic E-state index is 0.0720. The molecule has 2 aliphatic rings. The molecule has 2 bridgehead atoms. The zero-order valence-corrected chi connectivity index (χ0v) is 21.0. The number of carbonyl (C=O) groups is 1. The summed E-state index contributed by atoms with van der Waals surface area (Å²) in [5, 5.41) is 21.4. The van der Waals surface area contributed by atoms with Crippen molar-refractivity contribution in [3.8, 4) is 6.01 Å². The lowest BCUT2D eigenvalue weighted by Gasteiger charge is -2.54. The molecule has 2 saturated heterocycles. The van der Waals surface area contributed by atoms with Crippen molar-refractivity contribution in [1.29, 1.82) is 0 Å². The normalized spacial score (nSPS) is 22.3. The van der Waals surface area contributed by atoms with Crippen LogP contribution in [0.4, 0.5) is 33.9 Å². The Kier molecular flexibility index (Phi) is 6.21. The van der Waals surface area contributed by atoms with Gasteiger partial charge in [-0.2, -0.15) is 23.1 Å². The number of carboxylic acid groups (broad SMARTS) is 1. The molecule has 1 aromatic heterocycles. The zero-order chi connectivity index (χ0) is 26.8. The van der Waals surface area contributed by atoms with Crippen LogP contribution in [0.2, 0.25) is 0 Å². The summed E-state index contributed by atoms with van der Waals surface area (Å²) in [6.45, 7) is 4.09. The molecule has 2 aromatic rings. The molecular formula is C21H22BrF4N5O5. The second-order valence-electron chi connectivity index (χ2n) is 9.92. The second kappa shape index (κ2) is 8.56. The average Bonchev–Trinajstić information content (AvgIpc) is 3.01. The van der Waals surface area contributed by atoms with E-state index in [-0.39, 0.29) is 24.3 Å². The Bertz CT molecular complexity index is 1250. The number of fused-ring (bicyclic) bond motifs is 3. The number of halogens is 5. The molecule has 15 heteroatoms. The minimum Gasteiger partial charge on any atom is -0.465 e. The molecule has 1 aromatic carbocycles. The lowest BCUT2D eigenvalue weighted by atomic mass is 9.71. The van der Waals surface area contributed by atoms with Crippen molar-refractivity contribution in [2.75, 3.05) is 24.6 Å². The van der Waals surface area contributed by atoms with E-state index in [1.54, 1.807) is 4.90 Å². The lowest BCUT2D eigenvalue weighted by molar-refractivity contribution is -0.385. The average molecular weight is 580 g/mol. The summed E-state index contributed by atoms with van der Waals surface area (Å²) in [6.07, 6.45) is -4.76. The highest BCUT2D eigenvalue weighted by molar-refractivity contribution is 9.10. The monoisotopic (exact) mass is 579 g/mol. The molecule has 0 spiro atoms. The van der Waals surface area contributed by atoms with Gasteiger partial charge in [-0.3, -0.25) is 15.0 Å². The summed E-state index contributed by atoms with van der Waals surface area (Å²) in [7, 11) is 0. The molecule has 2 aliphatic heterocycles. The zero-order valence-electron chi connectivity index (χ0n) is 19.4. The summed E-state index contributed by atoms with van der Waals surface area (Å²) < 4.78 is 57.8. The summed E-state index contributed by atoms with van der Waals surface area (Å²) in [5.74, 6) is -1.23. The molecule has 0 radical (unpaired) electrons. The lowest BCUT2D eigenvalue weighted by Crippen LogP contribution is -2.68. The van der Waals surface area contributed by atoms with Crippen molar-refractivity contribution in [3.63, 3.8) is 0 Å². The molecule has 1 amide bonds. The molecule has 36 heavy (non-hydrogen) atoms. The Labute approximate surface area is 210 Å². The van der Waals surface area contributed by atoms with Crippen molar-refractivity contribution in [3.05, 3.63) is 26.5 Å². The number of nitrogens with zero attached hydrogens (tertiary/aromatic N) is 5. The van der Waals surface area contributed by atoms with Gasteiger partial charge in [0.15, 0.2) is 12.4 Å². The number of rotatable bonds is 4. The second-order valence-corrected chi connectivity index (χ2v) is 10.7. The number of nitro groups is 1. The molecule has 0 aliphatic carbocycles. The highest BCUT2D eigenvalue weighted by Crippen LogP contribution is 2.51. The van der Waals surface area contributed by atoms with E-state index >= 15 is 4.39 Å². The van der Waals surface area contributed by atoms with Crippen LogP contribution in [0, 0.1) is 21.3 Å². The van der Waals surface area contributed by atoms with E-state index in [9.17, 15) is 33.2 Å². The predicted molar refractivity (Wildman–Crippen MR) is 123 cm³/mol. The highest BCUT2D eigenvalue weighted by atomic mass is 79.9. The number of ether oxygens (including phenoxy) is 1. The number of anilines is 1.